The zero-order valence-electron chi connectivity index (χ0n) is 17.1. The van der Waals surface area contributed by atoms with Gasteiger partial charge in [-0.25, -0.2) is 4.79 Å². The zero-order valence-corrected chi connectivity index (χ0v) is 17.8. The van der Waals surface area contributed by atoms with Crippen molar-refractivity contribution in [3.05, 3.63) is 93.3 Å². The number of halogens is 1. The summed E-state index contributed by atoms with van der Waals surface area (Å²) in [5.74, 6) is 0.321. The Bertz CT molecular complexity index is 1340. The Labute approximate surface area is 184 Å². The van der Waals surface area contributed by atoms with Gasteiger partial charge in [0.1, 0.15) is 11.3 Å². The van der Waals surface area contributed by atoms with E-state index in [1.807, 2.05) is 44.2 Å². The summed E-state index contributed by atoms with van der Waals surface area (Å²) in [7, 11) is 0. The minimum atomic E-state index is -0.473. The van der Waals surface area contributed by atoms with E-state index >= 15 is 0 Å². The Morgan fingerprint density at radius 1 is 0.968 bits per heavy atom. The minimum absolute atomic E-state index is 0.129. The molecule has 0 aliphatic carbocycles. The molecule has 0 aliphatic rings. The predicted molar refractivity (Wildman–Crippen MR) is 123 cm³/mol. The lowest BCUT2D eigenvalue weighted by atomic mass is 10.1. The molecule has 0 fully saturated rings. The molecule has 0 aliphatic heterocycles. The van der Waals surface area contributed by atoms with E-state index in [2.05, 4.69) is 5.32 Å². The van der Waals surface area contributed by atoms with Crippen molar-refractivity contribution in [1.29, 1.82) is 0 Å². The molecule has 4 rings (SSSR count). The van der Waals surface area contributed by atoms with Crippen molar-refractivity contribution >= 4 is 34.2 Å². The lowest BCUT2D eigenvalue weighted by Crippen LogP contribution is -2.20. The molecule has 5 nitrogen and oxygen atoms in total. The molecular formula is C25H20ClNO4. The van der Waals surface area contributed by atoms with Crippen LogP contribution in [0.4, 0.5) is 5.69 Å². The van der Waals surface area contributed by atoms with E-state index in [1.165, 1.54) is 0 Å². The van der Waals surface area contributed by atoms with E-state index < -0.39 is 5.63 Å². The van der Waals surface area contributed by atoms with Gasteiger partial charge in [-0.15, -0.1) is 0 Å². The molecule has 6 heteroatoms. The monoisotopic (exact) mass is 433 g/mol. The summed E-state index contributed by atoms with van der Waals surface area (Å²) in [6.45, 7) is 3.87. The van der Waals surface area contributed by atoms with Gasteiger partial charge in [-0.2, -0.15) is 0 Å². The van der Waals surface area contributed by atoms with Crippen LogP contribution in [0.1, 0.15) is 11.1 Å². The van der Waals surface area contributed by atoms with Crippen LogP contribution < -0.4 is 15.7 Å². The summed E-state index contributed by atoms with van der Waals surface area (Å²) >= 11 is 6.41. The molecule has 31 heavy (non-hydrogen) atoms. The van der Waals surface area contributed by atoms with Crippen molar-refractivity contribution in [3.63, 3.8) is 0 Å². The predicted octanol–water partition coefficient (Wildman–Crippen LogP) is 5.75. The number of nitrogens with one attached hydrogen (secondary N) is 1. The van der Waals surface area contributed by atoms with E-state index in [4.69, 9.17) is 20.8 Å². The molecular weight excluding hydrogens is 414 g/mol. The molecule has 1 aromatic heterocycles. The van der Waals surface area contributed by atoms with Crippen molar-refractivity contribution in [1.82, 2.24) is 0 Å². The van der Waals surface area contributed by atoms with Gasteiger partial charge in [0.15, 0.2) is 6.61 Å². The highest BCUT2D eigenvalue weighted by Crippen LogP contribution is 2.30. The Morgan fingerprint density at radius 2 is 1.77 bits per heavy atom. The average Bonchev–Trinajstić information content (AvgIpc) is 2.74. The van der Waals surface area contributed by atoms with Crippen LogP contribution >= 0.6 is 11.6 Å². The first-order valence-electron chi connectivity index (χ1n) is 9.73. The second-order valence-corrected chi connectivity index (χ2v) is 7.67. The smallest absolute Gasteiger partial charge is 0.344 e. The molecule has 1 N–H and O–H groups in total. The molecule has 1 heterocycles. The third-order valence-electron chi connectivity index (χ3n) is 5.03. The Morgan fingerprint density at radius 3 is 2.55 bits per heavy atom. The SMILES string of the molecule is Cc1ccc(OCC(=O)Nc2ccc(-c3cc4ccccc4oc3=O)c(Cl)c2)cc1C. The van der Waals surface area contributed by atoms with Crippen molar-refractivity contribution in [2.24, 2.45) is 0 Å². The van der Waals surface area contributed by atoms with Crippen molar-refractivity contribution in [2.45, 2.75) is 13.8 Å². The number of para-hydroxylation sites is 1. The van der Waals surface area contributed by atoms with Crippen LogP contribution in [0.15, 0.2) is 75.9 Å². The van der Waals surface area contributed by atoms with Crippen LogP contribution in [0.25, 0.3) is 22.1 Å². The number of fused-ring (bicyclic) bond motifs is 1. The Kier molecular flexibility index (Phi) is 5.78. The standard InChI is InChI=1S/C25H20ClNO4/c1-15-7-9-19(11-16(15)2)30-14-24(28)27-18-8-10-20(22(26)13-18)21-12-17-5-3-4-6-23(17)31-25(21)29/h3-13H,14H2,1-2H3,(H,27,28). The summed E-state index contributed by atoms with van der Waals surface area (Å²) < 4.78 is 10.9. The molecule has 0 spiro atoms. The third kappa shape index (κ3) is 4.62. The number of carbonyl (C=O) groups excluding carboxylic acids is 1. The van der Waals surface area contributed by atoms with Gasteiger partial charge in [0.05, 0.1) is 10.6 Å². The van der Waals surface area contributed by atoms with E-state index in [-0.39, 0.29) is 12.5 Å². The lowest BCUT2D eigenvalue weighted by molar-refractivity contribution is -0.118. The molecule has 0 bridgehead atoms. The van der Waals surface area contributed by atoms with Crippen LogP contribution in [-0.2, 0) is 4.79 Å². The van der Waals surface area contributed by atoms with Gasteiger partial charge in [-0.1, -0.05) is 41.9 Å². The first-order chi connectivity index (χ1) is 14.9. The van der Waals surface area contributed by atoms with E-state index in [1.54, 1.807) is 36.4 Å². The third-order valence-corrected chi connectivity index (χ3v) is 5.35. The number of hydrogen-bond acceptors (Lipinski definition) is 4. The summed E-state index contributed by atoms with van der Waals surface area (Å²) in [6, 6.07) is 19.7. The first-order valence-corrected chi connectivity index (χ1v) is 10.1. The van der Waals surface area contributed by atoms with Gasteiger partial charge in [0, 0.05) is 16.6 Å². The van der Waals surface area contributed by atoms with Gasteiger partial charge < -0.3 is 14.5 Å². The fourth-order valence-electron chi connectivity index (χ4n) is 3.21. The summed E-state index contributed by atoms with van der Waals surface area (Å²) in [5.41, 5.74) is 3.70. The van der Waals surface area contributed by atoms with Crippen LogP contribution in [0.5, 0.6) is 5.75 Å². The van der Waals surface area contributed by atoms with Crippen molar-refractivity contribution in [3.8, 4) is 16.9 Å². The second kappa shape index (κ2) is 8.66. The van der Waals surface area contributed by atoms with E-state index in [0.29, 0.717) is 33.2 Å². The second-order valence-electron chi connectivity index (χ2n) is 7.26. The molecule has 0 saturated carbocycles. The minimum Gasteiger partial charge on any atom is -0.484 e. The molecule has 1 amide bonds. The number of rotatable bonds is 5. The zero-order chi connectivity index (χ0) is 22.0. The highest BCUT2D eigenvalue weighted by molar-refractivity contribution is 6.33. The molecule has 0 radical (unpaired) electrons. The van der Waals surface area contributed by atoms with Crippen molar-refractivity contribution < 1.29 is 13.9 Å². The topological polar surface area (TPSA) is 68.5 Å². The van der Waals surface area contributed by atoms with Crippen LogP contribution in [-0.4, -0.2) is 12.5 Å². The summed E-state index contributed by atoms with van der Waals surface area (Å²) in [5, 5.41) is 3.88. The number of carbonyl (C=O) groups is 1. The molecule has 156 valence electrons. The van der Waals surface area contributed by atoms with Gasteiger partial charge >= 0.3 is 5.63 Å². The fourth-order valence-corrected chi connectivity index (χ4v) is 3.49. The van der Waals surface area contributed by atoms with Gasteiger partial charge in [0.2, 0.25) is 0 Å². The largest absolute Gasteiger partial charge is 0.484 e. The molecule has 3 aromatic carbocycles. The number of benzene rings is 3. The van der Waals surface area contributed by atoms with Crippen LogP contribution in [0.3, 0.4) is 0 Å². The molecule has 0 atom stereocenters. The number of amides is 1. The molecule has 0 saturated heterocycles. The van der Waals surface area contributed by atoms with Crippen molar-refractivity contribution in [2.75, 3.05) is 11.9 Å². The first kappa shape index (κ1) is 20.7. The quantitative estimate of drug-likeness (QED) is 0.407. The lowest BCUT2D eigenvalue weighted by Gasteiger charge is -2.11. The maximum atomic E-state index is 12.4. The Hall–Kier alpha value is -3.57. The highest BCUT2D eigenvalue weighted by atomic mass is 35.5. The molecule has 4 aromatic rings. The summed E-state index contributed by atoms with van der Waals surface area (Å²) in [6.07, 6.45) is 0. The average molecular weight is 434 g/mol. The maximum absolute atomic E-state index is 12.4. The fraction of sp³-hybridized carbons (Fsp3) is 0.120. The van der Waals surface area contributed by atoms with Crippen LogP contribution in [0.2, 0.25) is 5.02 Å². The van der Waals surface area contributed by atoms with Gasteiger partial charge in [0.25, 0.3) is 5.91 Å². The number of ether oxygens (including phenoxy) is 1. The van der Waals surface area contributed by atoms with E-state index in [0.717, 1.165) is 16.5 Å². The number of anilines is 1. The normalized spacial score (nSPS) is 10.8. The number of hydrogen-bond donors (Lipinski definition) is 1. The highest BCUT2D eigenvalue weighted by Gasteiger charge is 2.13. The maximum Gasteiger partial charge on any atom is 0.344 e. The van der Waals surface area contributed by atoms with Gasteiger partial charge in [-0.05, 0) is 61.4 Å². The van der Waals surface area contributed by atoms with Gasteiger partial charge in [-0.3, -0.25) is 4.79 Å². The summed E-state index contributed by atoms with van der Waals surface area (Å²) in [4.78, 5) is 24.7. The Balaban J connectivity index is 1.48. The van der Waals surface area contributed by atoms with E-state index in [9.17, 15) is 9.59 Å². The number of aryl methyl sites for hydroxylation is 2. The van der Waals surface area contributed by atoms with Crippen LogP contribution in [0, 0.1) is 13.8 Å². The molecule has 0 unspecified atom stereocenters.